The molecule has 0 aromatic heterocycles. The second kappa shape index (κ2) is 6.26. The van der Waals surface area contributed by atoms with E-state index in [0.717, 1.165) is 0 Å². The van der Waals surface area contributed by atoms with Crippen molar-refractivity contribution in [2.24, 2.45) is 0 Å². The molecule has 0 aromatic rings. The van der Waals surface area contributed by atoms with Gasteiger partial charge in [0.1, 0.15) is 5.38 Å². The standard InChI is InChI=1S/C8H16ClNO2/c1-3-7(11)4-5-10-8(12)6(2)9/h6-7,11H,3-5H2,1-2H3,(H,10,12). The topological polar surface area (TPSA) is 49.3 Å². The smallest absolute Gasteiger partial charge is 0.237 e. The van der Waals surface area contributed by atoms with Crippen molar-refractivity contribution in [1.29, 1.82) is 0 Å². The summed E-state index contributed by atoms with van der Waals surface area (Å²) >= 11 is 5.50. The Labute approximate surface area is 78.1 Å². The van der Waals surface area contributed by atoms with Crippen LogP contribution in [-0.4, -0.2) is 29.0 Å². The van der Waals surface area contributed by atoms with Crippen molar-refractivity contribution in [3.63, 3.8) is 0 Å². The summed E-state index contributed by atoms with van der Waals surface area (Å²) in [5.74, 6) is -0.181. The summed E-state index contributed by atoms with van der Waals surface area (Å²) in [6, 6.07) is 0. The summed E-state index contributed by atoms with van der Waals surface area (Å²) in [4.78, 5) is 10.9. The summed E-state index contributed by atoms with van der Waals surface area (Å²) in [6.07, 6.45) is 0.981. The van der Waals surface area contributed by atoms with Gasteiger partial charge in [0.05, 0.1) is 6.10 Å². The lowest BCUT2D eigenvalue weighted by molar-refractivity contribution is -0.120. The molecule has 0 spiro atoms. The van der Waals surface area contributed by atoms with Gasteiger partial charge in [-0.3, -0.25) is 4.79 Å². The molecule has 0 heterocycles. The highest BCUT2D eigenvalue weighted by molar-refractivity contribution is 6.30. The van der Waals surface area contributed by atoms with E-state index in [2.05, 4.69) is 5.32 Å². The highest BCUT2D eigenvalue weighted by atomic mass is 35.5. The lowest BCUT2D eigenvalue weighted by Crippen LogP contribution is -2.31. The van der Waals surface area contributed by atoms with Crippen LogP contribution in [0.3, 0.4) is 0 Å². The fourth-order valence-electron chi connectivity index (χ4n) is 0.707. The van der Waals surface area contributed by atoms with Crippen LogP contribution in [0.5, 0.6) is 0 Å². The van der Waals surface area contributed by atoms with Crippen LogP contribution in [0.15, 0.2) is 0 Å². The molecule has 0 rings (SSSR count). The third kappa shape index (κ3) is 5.38. The number of aliphatic hydroxyl groups is 1. The minimum absolute atomic E-state index is 0.181. The number of aliphatic hydroxyl groups excluding tert-OH is 1. The Morgan fingerprint density at radius 1 is 1.67 bits per heavy atom. The molecule has 12 heavy (non-hydrogen) atoms. The fraction of sp³-hybridized carbons (Fsp3) is 0.875. The molecular formula is C8H16ClNO2. The Balaban J connectivity index is 3.37. The SMILES string of the molecule is CCC(O)CCNC(=O)C(C)Cl. The average molecular weight is 194 g/mol. The maximum Gasteiger partial charge on any atom is 0.237 e. The van der Waals surface area contributed by atoms with Crippen molar-refractivity contribution in [2.45, 2.75) is 38.2 Å². The third-order valence-electron chi connectivity index (χ3n) is 1.61. The Morgan fingerprint density at radius 2 is 2.25 bits per heavy atom. The number of amides is 1. The van der Waals surface area contributed by atoms with Crippen LogP contribution in [-0.2, 0) is 4.79 Å². The minimum Gasteiger partial charge on any atom is -0.393 e. The van der Waals surface area contributed by atoms with Gasteiger partial charge >= 0.3 is 0 Å². The van der Waals surface area contributed by atoms with Crippen LogP contribution in [0, 0.1) is 0 Å². The second-order valence-electron chi connectivity index (χ2n) is 2.76. The molecule has 1 amide bonds. The van der Waals surface area contributed by atoms with Gasteiger partial charge in [0.25, 0.3) is 0 Å². The molecule has 4 heteroatoms. The van der Waals surface area contributed by atoms with E-state index in [0.29, 0.717) is 19.4 Å². The van der Waals surface area contributed by atoms with E-state index >= 15 is 0 Å². The normalized spacial score (nSPS) is 15.3. The van der Waals surface area contributed by atoms with Crippen LogP contribution in [0.1, 0.15) is 26.7 Å². The zero-order chi connectivity index (χ0) is 9.56. The molecular weight excluding hydrogens is 178 g/mol. The second-order valence-corrected chi connectivity index (χ2v) is 3.41. The summed E-state index contributed by atoms with van der Waals surface area (Å²) in [5, 5.41) is 11.2. The maximum absolute atomic E-state index is 10.9. The van der Waals surface area contributed by atoms with E-state index in [1.165, 1.54) is 0 Å². The van der Waals surface area contributed by atoms with Gasteiger partial charge in [0, 0.05) is 6.54 Å². The number of halogens is 1. The first-order chi connectivity index (χ1) is 5.57. The Kier molecular flexibility index (Phi) is 6.11. The Morgan fingerprint density at radius 3 is 2.67 bits per heavy atom. The highest BCUT2D eigenvalue weighted by Gasteiger charge is 2.08. The van der Waals surface area contributed by atoms with Gasteiger partial charge in [0.2, 0.25) is 5.91 Å². The molecule has 2 atom stereocenters. The zero-order valence-electron chi connectivity index (χ0n) is 7.51. The molecule has 2 N–H and O–H groups in total. The first-order valence-corrected chi connectivity index (χ1v) is 4.61. The molecule has 0 saturated carbocycles. The number of carbonyl (C=O) groups excluding carboxylic acids is 1. The molecule has 0 aliphatic heterocycles. The van der Waals surface area contributed by atoms with Gasteiger partial charge in [0.15, 0.2) is 0 Å². The Bertz CT molecular complexity index is 139. The van der Waals surface area contributed by atoms with Crippen LogP contribution in [0.4, 0.5) is 0 Å². The number of alkyl halides is 1. The van der Waals surface area contributed by atoms with Crippen molar-refractivity contribution in [3.05, 3.63) is 0 Å². The number of rotatable bonds is 5. The zero-order valence-corrected chi connectivity index (χ0v) is 8.27. The molecule has 72 valence electrons. The van der Waals surface area contributed by atoms with Gasteiger partial charge in [-0.2, -0.15) is 0 Å². The molecule has 0 radical (unpaired) electrons. The third-order valence-corrected chi connectivity index (χ3v) is 1.81. The van der Waals surface area contributed by atoms with E-state index in [1.807, 2.05) is 6.92 Å². The van der Waals surface area contributed by atoms with Crippen molar-refractivity contribution < 1.29 is 9.90 Å². The van der Waals surface area contributed by atoms with Gasteiger partial charge in [-0.05, 0) is 19.8 Å². The first kappa shape index (κ1) is 11.7. The number of hydrogen-bond donors (Lipinski definition) is 2. The van der Waals surface area contributed by atoms with E-state index < -0.39 is 5.38 Å². The van der Waals surface area contributed by atoms with E-state index in [-0.39, 0.29) is 12.0 Å². The van der Waals surface area contributed by atoms with Gasteiger partial charge < -0.3 is 10.4 Å². The monoisotopic (exact) mass is 193 g/mol. The predicted molar refractivity (Wildman–Crippen MR) is 49.2 cm³/mol. The van der Waals surface area contributed by atoms with Crippen LogP contribution >= 0.6 is 11.6 Å². The van der Waals surface area contributed by atoms with E-state index in [4.69, 9.17) is 16.7 Å². The van der Waals surface area contributed by atoms with Crippen LogP contribution in [0.25, 0.3) is 0 Å². The molecule has 0 aliphatic rings. The van der Waals surface area contributed by atoms with Crippen molar-refractivity contribution in [2.75, 3.05) is 6.54 Å². The lowest BCUT2D eigenvalue weighted by atomic mass is 10.2. The van der Waals surface area contributed by atoms with Gasteiger partial charge in [-0.15, -0.1) is 11.6 Å². The summed E-state index contributed by atoms with van der Waals surface area (Å²) < 4.78 is 0. The van der Waals surface area contributed by atoms with Crippen molar-refractivity contribution in [1.82, 2.24) is 5.32 Å². The molecule has 0 fully saturated rings. The molecule has 0 aliphatic carbocycles. The summed E-state index contributed by atoms with van der Waals surface area (Å²) in [7, 11) is 0. The maximum atomic E-state index is 10.9. The molecule has 3 nitrogen and oxygen atoms in total. The number of hydrogen-bond acceptors (Lipinski definition) is 2. The highest BCUT2D eigenvalue weighted by Crippen LogP contribution is 1.96. The van der Waals surface area contributed by atoms with Crippen molar-refractivity contribution in [3.8, 4) is 0 Å². The molecule has 0 aromatic carbocycles. The molecule has 2 unspecified atom stereocenters. The van der Waals surface area contributed by atoms with E-state index in [1.54, 1.807) is 6.92 Å². The van der Waals surface area contributed by atoms with E-state index in [9.17, 15) is 4.79 Å². The van der Waals surface area contributed by atoms with Crippen LogP contribution < -0.4 is 5.32 Å². The van der Waals surface area contributed by atoms with Gasteiger partial charge in [-0.1, -0.05) is 6.92 Å². The largest absolute Gasteiger partial charge is 0.393 e. The lowest BCUT2D eigenvalue weighted by Gasteiger charge is -2.09. The van der Waals surface area contributed by atoms with Crippen molar-refractivity contribution >= 4 is 17.5 Å². The first-order valence-electron chi connectivity index (χ1n) is 4.17. The Hall–Kier alpha value is -0.280. The molecule has 0 bridgehead atoms. The summed E-state index contributed by atoms with van der Waals surface area (Å²) in [6.45, 7) is 4.01. The summed E-state index contributed by atoms with van der Waals surface area (Å²) in [5.41, 5.74) is 0. The predicted octanol–water partition coefficient (Wildman–Crippen LogP) is 0.891. The average Bonchev–Trinajstić information content (AvgIpc) is 2.03. The number of carbonyl (C=O) groups is 1. The molecule has 0 saturated heterocycles. The van der Waals surface area contributed by atoms with Gasteiger partial charge in [-0.25, -0.2) is 0 Å². The number of nitrogens with one attached hydrogen (secondary N) is 1. The minimum atomic E-state index is -0.497. The fourth-order valence-corrected chi connectivity index (χ4v) is 0.784. The van der Waals surface area contributed by atoms with Crippen LogP contribution in [0.2, 0.25) is 0 Å². The quantitative estimate of drug-likeness (QED) is 0.638.